The molecule has 4 aliphatic rings. The molecule has 0 unspecified atom stereocenters. The number of phenols is 1. The van der Waals surface area contributed by atoms with Gasteiger partial charge in [0.05, 0.1) is 31.2 Å². The normalized spacial score (nSPS) is 28.8. The van der Waals surface area contributed by atoms with Crippen LogP contribution in [0.15, 0.2) is 28.7 Å². The van der Waals surface area contributed by atoms with Gasteiger partial charge in [-0.1, -0.05) is 6.42 Å². The van der Waals surface area contributed by atoms with Crippen LogP contribution >= 0.6 is 0 Å². The average Bonchev–Trinajstić information content (AvgIpc) is 2.89. The minimum absolute atomic E-state index is 0.121. The summed E-state index contributed by atoms with van der Waals surface area (Å²) in [5.74, 6) is -2.65. The van der Waals surface area contributed by atoms with Gasteiger partial charge in [0, 0.05) is 29.2 Å². The largest absolute Gasteiger partial charge is 0.510 e. The highest BCUT2D eigenvalue weighted by molar-refractivity contribution is 6.22. The molecule has 3 aliphatic carbocycles. The van der Waals surface area contributed by atoms with Crippen molar-refractivity contribution in [1.29, 1.82) is 0 Å². The van der Waals surface area contributed by atoms with Gasteiger partial charge in [-0.15, -0.1) is 0 Å². The van der Waals surface area contributed by atoms with Crippen LogP contribution in [-0.2, 0) is 27.3 Å². The number of nitrogens with zero attached hydrogens (tertiary/aromatic N) is 2. The number of carbonyl (C=O) groups excluding carboxylic acids is 3. The van der Waals surface area contributed by atoms with Gasteiger partial charge in [-0.3, -0.25) is 24.2 Å². The number of allylic oxidation sites excluding steroid dienone is 1. The molecule has 4 atom stereocenters. The predicted molar refractivity (Wildman–Crippen MR) is 147 cm³/mol. The van der Waals surface area contributed by atoms with Gasteiger partial charge in [-0.05, 0) is 71.8 Å². The number of hydrogen-bond donors (Lipinski definition) is 3. The molecule has 216 valence electrons. The first-order chi connectivity index (χ1) is 19.0. The number of likely N-dealkylation sites (tertiary alicyclic amines) is 1. The minimum Gasteiger partial charge on any atom is -0.510 e. The number of ketones is 2. The summed E-state index contributed by atoms with van der Waals surface area (Å²) in [5.41, 5.74) is 5.71. The third-order valence-corrected chi connectivity index (χ3v) is 9.44. The maximum atomic E-state index is 14.2. The Morgan fingerprint density at radius 3 is 2.40 bits per heavy atom. The smallest absolute Gasteiger partial charge is 0.255 e. The molecule has 40 heavy (non-hydrogen) atoms. The Labute approximate surface area is 234 Å². The number of aliphatic hydroxyl groups is 1. The number of fused-ring (bicyclic) bond motifs is 3. The van der Waals surface area contributed by atoms with Crippen molar-refractivity contribution in [2.45, 2.75) is 51.6 Å². The molecule has 5 rings (SSSR count). The molecular formula is C30H39N3O7. The second kappa shape index (κ2) is 10.2. The number of hydrogen-bond acceptors (Lipinski definition) is 9. The molecule has 0 aromatic heterocycles. The molecule has 10 nitrogen and oxygen atoms in total. The van der Waals surface area contributed by atoms with Crippen molar-refractivity contribution in [2.75, 3.05) is 41.4 Å². The van der Waals surface area contributed by atoms with Gasteiger partial charge in [0.1, 0.15) is 28.6 Å². The SMILES string of the molecule is COC1=C2C(=O)c3c(O)cc(CN4CCCCC4)c(OC)c3C[C@H]2C[C@H]2[C@H](N(C)C)C(=O)C(C(N)=O)=C(O)[C@@]12C. The fourth-order valence-corrected chi connectivity index (χ4v) is 7.68. The third kappa shape index (κ3) is 4.03. The van der Waals surface area contributed by atoms with Crippen LogP contribution in [0.25, 0.3) is 0 Å². The minimum atomic E-state index is -1.35. The summed E-state index contributed by atoms with van der Waals surface area (Å²) in [6.45, 7) is 4.24. The van der Waals surface area contributed by atoms with E-state index in [1.54, 1.807) is 39.1 Å². The van der Waals surface area contributed by atoms with Gasteiger partial charge in [-0.2, -0.15) is 0 Å². The summed E-state index contributed by atoms with van der Waals surface area (Å²) in [6, 6.07) is 0.849. The van der Waals surface area contributed by atoms with E-state index in [0.29, 0.717) is 36.3 Å². The molecule has 1 aliphatic heterocycles. The van der Waals surface area contributed by atoms with E-state index in [4.69, 9.17) is 15.2 Å². The topological polar surface area (TPSA) is 143 Å². The first-order valence-corrected chi connectivity index (χ1v) is 13.9. The van der Waals surface area contributed by atoms with E-state index in [9.17, 15) is 24.6 Å². The number of methoxy groups -OCH3 is 2. The molecule has 1 aromatic rings. The number of amides is 1. The number of phenolic OH excluding ortho intramolecular Hbond substituents is 1. The summed E-state index contributed by atoms with van der Waals surface area (Å²) in [7, 11) is 6.48. The van der Waals surface area contributed by atoms with E-state index in [1.165, 1.54) is 13.5 Å². The molecule has 1 fully saturated rings. The molecule has 10 heteroatoms. The first kappa shape index (κ1) is 28.2. The number of ether oxygens (including phenoxy) is 2. The molecule has 1 amide bonds. The summed E-state index contributed by atoms with van der Waals surface area (Å²) in [6.07, 6.45) is 4.21. The highest BCUT2D eigenvalue weighted by Gasteiger charge is 2.61. The number of primary amides is 1. The molecule has 1 saturated heterocycles. The van der Waals surface area contributed by atoms with Gasteiger partial charge in [0.25, 0.3) is 5.91 Å². The first-order valence-electron chi connectivity index (χ1n) is 13.9. The van der Waals surface area contributed by atoms with Crippen LogP contribution in [0, 0.1) is 17.3 Å². The number of Topliss-reactive ketones (excluding diaryl/α,β-unsaturated/α-hetero) is 2. The van der Waals surface area contributed by atoms with Crippen molar-refractivity contribution in [3.8, 4) is 11.5 Å². The molecule has 4 N–H and O–H groups in total. The number of carbonyl (C=O) groups is 3. The number of likely N-dealkylation sites (N-methyl/N-ethyl adjacent to an activating group) is 1. The summed E-state index contributed by atoms with van der Waals surface area (Å²) in [5, 5.41) is 22.6. The Kier molecular flexibility index (Phi) is 7.20. The zero-order valence-electron chi connectivity index (χ0n) is 23.9. The predicted octanol–water partition coefficient (Wildman–Crippen LogP) is 2.48. The van der Waals surface area contributed by atoms with Gasteiger partial charge >= 0.3 is 0 Å². The van der Waals surface area contributed by atoms with Crippen molar-refractivity contribution in [2.24, 2.45) is 23.0 Å². The number of rotatable bonds is 6. The number of nitrogens with two attached hydrogens (primary N) is 1. The monoisotopic (exact) mass is 553 g/mol. The Balaban J connectivity index is 1.69. The lowest BCUT2D eigenvalue weighted by Gasteiger charge is -2.52. The molecular weight excluding hydrogens is 514 g/mol. The van der Waals surface area contributed by atoms with Crippen molar-refractivity contribution in [3.63, 3.8) is 0 Å². The quantitative estimate of drug-likeness (QED) is 0.453. The Hall–Kier alpha value is -3.37. The van der Waals surface area contributed by atoms with Crippen LogP contribution < -0.4 is 10.5 Å². The second-order valence-corrected chi connectivity index (χ2v) is 11.9. The molecule has 1 aromatic carbocycles. The van der Waals surface area contributed by atoms with Gasteiger partial charge < -0.3 is 25.4 Å². The van der Waals surface area contributed by atoms with E-state index in [-0.39, 0.29) is 23.0 Å². The van der Waals surface area contributed by atoms with E-state index >= 15 is 0 Å². The second-order valence-electron chi connectivity index (χ2n) is 11.9. The highest BCUT2D eigenvalue weighted by atomic mass is 16.5. The fourth-order valence-electron chi connectivity index (χ4n) is 7.68. The number of aliphatic hydroxyl groups excluding tert-OH is 1. The zero-order chi connectivity index (χ0) is 29.1. The van der Waals surface area contributed by atoms with Crippen LogP contribution in [0.3, 0.4) is 0 Å². The summed E-state index contributed by atoms with van der Waals surface area (Å²) < 4.78 is 11.7. The molecule has 0 spiro atoms. The van der Waals surface area contributed by atoms with Crippen molar-refractivity contribution in [3.05, 3.63) is 45.4 Å². The van der Waals surface area contributed by atoms with Gasteiger partial charge in [-0.25, -0.2) is 0 Å². The number of aromatic hydroxyl groups is 1. The lowest BCUT2D eigenvalue weighted by Crippen LogP contribution is -2.58. The van der Waals surface area contributed by atoms with Gasteiger partial charge in [0.15, 0.2) is 11.6 Å². The van der Waals surface area contributed by atoms with E-state index in [2.05, 4.69) is 4.90 Å². The van der Waals surface area contributed by atoms with E-state index < -0.39 is 46.2 Å². The van der Waals surface area contributed by atoms with E-state index in [0.717, 1.165) is 31.5 Å². The fraction of sp³-hybridized carbons (Fsp3) is 0.567. The van der Waals surface area contributed by atoms with Crippen LogP contribution in [0.1, 0.15) is 54.1 Å². The number of benzene rings is 1. The van der Waals surface area contributed by atoms with Crippen molar-refractivity contribution >= 4 is 17.5 Å². The molecule has 0 saturated carbocycles. The molecule has 0 bridgehead atoms. The maximum absolute atomic E-state index is 14.2. The van der Waals surface area contributed by atoms with E-state index in [1.807, 2.05) is 0 Å². The lowest BCUT2D eigenvalue weighted by molar-refractivity contribution is -0.130. The van der Waals surface area contributed by atoms with Crippen molar-refractivity contribution in [1.82, 2.24) is 9.80 Å². The Morgan fingerprint density at radius 1 is 1.15 bits per heavy atom. The van der Waals surface area contributed by atoms with Crippen molar-refractivity contribution < 1.29 is 34.1 Å². The maximum Gasteiger partial charge on any atom is 0.255 e. The summed E-state index contributed by atoms with van der Waals surface area (Å²) >= 11 is 0. The zero-order valence-corrected chi connectivity index (χ0v) is 23.9. The molecule has 1 heterocycles. The highest BCUT2D eigenvalue weighted by Crippen LogP contribution is 2.59. The van der Waals surface area contributed by atoms with Crippen LogP contribution in [0.5, 0.6) is 11.5 Å². The van der Waals surface area contributed by atoms with Crippen LogP contribution in [0.4, 0.5) is 0 Å². The van der Waals surface area contributed by atoms with Gasteiger partial charge in [0.2, 0.25) is 0 Å². The summed E-state index contributed by atoms with van der Waals surface area (Å²) in [4.78, 5) is 44.1. The van der Waals surface area contributed by atoms with Crippen LogP contribution in [0.2, 0.25) is 0 Å². The molecule has 0 radical (unpaired) electrons. The standard InChI is InChI=1S/C30H39N3O7/c1-30-18(23(32(2)3)25(36)22(27(30)37)29(31)38)12-15-11-17-21(24(35)20(15)28(30)40-5)19(34)13-16(26(17)39-4)14-33-9-7-6-8-10-33/h13,15,18,23,34,37H,6-12,14H2,1-5H3,(H2,31,38)/t15-,18-,23-,30-/m0/s1. The Bertz CT molecular complexity index is 1340. The third-order valence-electron chi connectivity index (χ3n) is 9.44. The lowest BCUT2D eigenvalue weighted by atomic mass is 9.54. The number of piperidine rings is 1. The van der Waals surface area contributed by atoms with Crippen LogP contribution in [-0.4, -0.2) is 84.9 Å². The Morgan fingerprint density at radius 2 is 1.82 bits per heavy atom. The average molecular weight is 554 g/mol.